The summed E-state index contributed by atoms with van der Waals surface area (Å²) >= 11 is 0. The van der Waals surface area contributed by atoms with Crippen LogP contribution in [0.25, 0.3) is 0 Å². The Hall–Kier alpha value is -2.70. The summed E-state index contributed by atoms with van der Waals surface area (Å²) in [5, 5.41) is 7.66. The van der Waals surface area contributed by atoms with Crippen molar-refractivity contribution in [2.24, 2.45) is 7.05 Å². The summed E-state index contributed by atoms with van der Waals surface area (Å²) in [5.74, 6) is 0.412. The summed E-state index contributed by atoms with van der Waals surface area (Å²) in [7, 11) is 1.72. The topological polar surface area (TPSA) is 71.3 Å². The monoisotopic (exact) mass is 339 g/mol. The molecule has 1 atom stereocenters. The number of benzene rings is 1. The zero-order chi connectivity index (χ0) is 17.4. The number of likely N-dealkylation sites (tertiary alicyclic amines) is 1. The van der Waals surface area contributed by atoms with E-state index in [9.17, 15) is 9.59 Å². The van der Waals surface area contributed by atoms with Crippen molar-refractivity contribution >= 4 is 17.5 Å². The van der Waals surface area contributed by atoms with Crippen LogP contribution in [0.4, 0.5) is 5.69 Å². The first-order valence-electron chi connectivity index (χ1n) is 8.68. The number of fused-ring (bicyclic) bond motifs is 1. The van der Waals surface area contributed by atoms with Gasteiger partial charge >= 0.3 is 0 Å². The first-order valence-corrected chi connectivity index (χ1v) is 8.68. The second-order valence-electron chi connectivity index (χ2n) is 6.69. The summed E-state index contributed by atoms with van der Waals surface area (Å²) in [6, 6.07) is 8.03. The molecule has 7 nitrogen and oxygen atoms in total. The van der Waals surface area contributed by atoms with E-state index in [1.54, 1.807) is 7.05 Å². The van der Waals surface area contributed by atoms with Crippen molar-refractivity contribution in [2.75, 3.05) is 24.5 Å². The Morgan fingerprint density at radius 1 is 1.32 bits per heavy atom. The largest absolute Gasteiger partial charge is 0.343 e. The van der Waals surface area contributed by atoms with Gasteiger partial charge in [-0.3, -0.25) is 9.59 Å². The van der Waals surface area contributed by atoms with Crippen molar-refractivity contribution in [3.05, 3.63) is 41.7 Å². The van der Waals surface area contributed by atoms with E-state index in [4.69, 9.17) is 0 Å². The van der Waals surface area contributed by atoms with Gasteiger partial charge in [0, 0.05) is 44.7 Å². The molecule has 1 aromatic carbocycles. The molecule has 1 aromatic heterocycles. The second-order valence-corrected chi connectivity index (χ2v) is 6.69. The molecular formula is C18H21N5O2. The van der Waals surface area contributed by atoms with Crippen molar-refractivity contribution in [3.63, 3.8) is 0 Å². The molecule has 0 saturated carbocycles. The quantitative estimate of drug-likeness (QED) is 0.848. The lowest BCUT2D eigenvalue weighted by Gasteiger charge is -2.19. The number of amides is 2. The maximum absolute atomic E-state index is 12.9. The van der Waals surface area contributed by atoms with Gasteiger partial charge in [-0.05, 0) is 24.5 Å². The number of hydrogen-bond donors (Lipinski definition) is 0. The molecule has 2 aromatic rings. The van der Waals surface area contributed by atoms with Gasteiger partial charge in [-0.15, -0.1) is 5.10 Å². The molecule has 2 aliphatic rings. The molecule has 2 aliphatic heterocycles. The van der Waals surface area contributed by atoms with Crippen molar-refractivity contribution in [3.8, 4) is 0 Å². The molecule has 0 aliphatic carbocycles. The highest BCUT2D eigenvalue weighted by molar-refractivity contribution is 6.06. The van der Waals surface area contributed by atoms with E-state index in [1.165, 1.54) is 16.4 Å². The van der Waals surface area contributed by atoms with Gasteiger partial charge in [0.25, 0.3) is 5.91 Å². The Bertz CT molecular complexity index is 815. The number of nitrogens with zero attached hydrogens (tertiary/aromatic N) is 5. The highest BCUT2D eigenvalue weighted by Gasteiger charge is 2.34. The first-order chi connectivity index (χ1) is 12.1. The molecule has 0 N–H and O–H groups in total. The lowest BCUT2D eigenvalue weighted by Crippen LogP contribution is -2.32. The number of carbonyl (C=O) groups is 2. The van der Waals surface area contributed by atoms with E-state index in [0.29, 0.717) is 18.7 Å². The minimum atomic E-state index is -0.0836. The fourth-order valence-corrected chi connectivity index (χ4v) is 3.81. The second kappa shape index (κ2) is 6.31. The molecule has 7 heteroatoms. The van der Waals surface area contributed by atoms with Crippen LogP contribution in [0.3, 0.4) is 0 Å². The predicted molar refractivity (Wildman–Crippen MR) is 92.3 cm³/mol. The molecule has 3 heterocycles. The van der Waals surface area contributed by atoms with E-state index in [1.807, 2.05) is 28.0 Å². The number of rotatable bonds is 4. The number of carbonyl (C=O) groups excluding carboxylic acids is 2. The highest BCUT2D eigenvalue weighted by Crippen LogP contribution is 2.38. The Morgan fingerprint density at radius 3 is 2.88 bits per heavy atom. The molecule has 0 bridgehead atoms. The molecule has 4 rings (SSSR count). The first kappa shape index (κ1) is 15.8. The molecule has 1 fully saturated rings. The van der Waals surface area contributed by atoms with Gasteiger partial charge in [0.1, 0.15) is 5.69 Å². The van der Waals surface area contributed by atoms with Crippen molar-refractivity contribution in [1.29, 1.82) is 0 Å². The normalized spacial score (nSPS) is 19.6. The fraction of sp³-hybridized carbons (Fsp3) is 0.444. The van der Waals surface area contributed by atoms with Crippen molar-refractivity contribution < 1.29 is 9.59 Å². The van der Waals surface area contributed by atoms with Crippen molar-refractivity contribution in [2.45, 2.75) is 25.2 Å². The summed E-state index contributed by atoms with van der Waals surface area (Å²) in [6.07, 6.45) is 3.99. The van der Waals surface area contributed by atoms with Gasteiger partial charge in [-0.25, -0.2) is 4.68 Å². The van der Waals surface area contributed by atoms with Crippen LogP contribution in [-0.4, -0.2) is 51.3 Å². The molecule has 0 radical (unpaired) electrons. The van der Waals surface area contributed by atoms with Crippen LogP contribution in [0.2, 0.25) is 0 Å². The number of aryl methyl sites for hydroxylation is 1. The zero-order valence-corrected chi connectivity index (χ0v) is 14.3. The lowest BCUT2D eigenvalue weighted by atomic mass is 9.98. The summed E-state index contributed by atoms with van der Waals surface area (Å²) in [5.41, 5.74) is 2.61. The zero-order valence-electron chi connectivity index (χ0n) is 14.3. The third-order valence-electron chi connectivity index (χ3n) is 5.17. The molecule has 2 amide bonds. The molecule has 1 saturated heterocycles. The van der Waals surface area contributed by atoms with Crippen LogP contribution in [-0.2, 0) is 11.8 Å². The Morgan fingerprint density at radius 2 is 2.16 bits per heavy atom. The van der Waals surface area contributed by atoms with Gasteiger partial charge in [0.2, 0.25) is 5.91 Å². The van der Waals surface area contributed by atoms with Crippen LogP contribution in [0.15, 0.2) is 30.5 Å². The number of hydrogen-bond acceptors (Lipinski definition) is 4. The summed E-state index contributed by atoms with van der Waals surface area (Å²) in [6.45, 7) is 2.25. The van der Waals surface area contributed by atoms with Gasteiger partial charge in [0.15, 0.2) is 0 Å². The highest BCUT2D eigenvalue weighted by atomic mass is 16.2. The average Bonchev–Trinajstić information content (AvgIpc) is 3.31. The average molecular weight is 339 g/mol. The Balaban J connectivity index is 1.54. The Labute approximate surface area is 146 Å². The van der Waals surface area contributed by atoms with E-state index in [0.717, 1.165) is 31.6 Å². The lowest BCUT2D eigenvalue weighted by molar-refractivity contribution is -0.127. The third kappa shape index (κ3) is 2.79. The van der Waals surface area contributed by atoms with E-state index in [2.05, 4.69) is 16.4 Å². The van der Waals surface area contributed by atoms with Gasteiger partial charge in [-0.2, -0.15) is 0 Å². The standard InChI is InChI=1S/C18H21N5O2/c1-21-16(11-19-20-21)18(25)23-12-13(14-5-2-3-6-15(14)23)8-10-22-9-4-7-17(22)24/h2-3,5-6,11,13H,4,7-10,12H2,1H3. The van der Waals surface area contributed by atoms with Crippen LogP contribution in [0.1, 0.15) is 41.2 Å². The fourth-order valence-electron chi connectivity index (χ4n) is 3.81. The van der Waals surface area contributed by atoms with Crippen LogP contribution in [0.5, 0.6) is 0 Å². The SMILES string of the molecule is Cn1nncc1C(=O)N1CC(CCN2CCCC2=O)c2ccccc21. The number of para-hydroxylation sites is 1. The molecule has 25 heavy (non-hydrogen) atoms. The van der Waals surface area contributed by atoms with Gasteiger partial charge < -0.3 is 9.80 Å². The van der Waals surface area contributed by atoms with E-state index in [-0.39, 0.29) is 17.7 Å². The van der Waals surface area contributed by atoms with Crippen LogP contribution >= 0.6 is 0 Å². The smallest absolute Gasteiger partial charge is 0.278 e. The molecule has 1 unspecified atom stereocenters. The van der Waals surface area contributed by atoms with E-state index < -0.39 is 0 Å². The minimum Gasteiger partial charge on any atom is -0.343 e. The minimum absolute atomic E-state index is 0.0836. The summed E-state index contributed by atoms with van der Waals surface area (Å²) in [4.78, 5) is 28.5. The number of anilines is 1. The molecule has 0 spiro atoms. The predicted octanol–water partition coefficient (Wildman–Crippen LogP) is 1.57. The number of aromatic nitrogens is 3. The van der Waals surface area contributed by atoms with Crippen LogP contribution in [0, 0.1) is 0 Å². The Kier molecular flexibility index (Phi) is 3.99. The van der Waals surface area contributed by atoms with E-state index >= 15 is 0 Å². The maximum atomic E-state index is 12.9. The third-order valence-corrected chi connectivity index (χ3v) is 5.17. The maximum Gasteiger partial charge on any atom is 0.278 e. The summed E-state index contributed by atoms with van der Waals surface area (Å²) < 4.78 is 1.50. The van der Waals surface area contributed by atoms with Crippen LogP contribution < -0.4 is 4.90 Å². The van der Waals surface area contributed by atoms with Gasteiger partial charge in [-0.1, -0.05) is 23.4 Å². The molecule has 130 valence electrons. The molecular weight excluding hydrogens is 318 g/mol. The van der Waals surface area contributed by atoms with Gasteiger partial charge in [0.05, 0.1) is 6.20 Å². The van der Waals surface area contributed by atoms with Crippen molar-refractivity contribution in [1.82, 2.24) is 19.9 Å².